The molecule has 1 heterocycles. The van der Waals surface area contributed by atoms with Gasteiger partial charge in [-0.05, 0) is 24.3 Å². The lowest BCUT2D eigenvalue weighted by atomic mass is 9.92. The molecule has 1 aromatic carbocycles. The van der Waals surface area contributed by atoms with Gasteiger partial charge in [-0.3, -0.25) is 9.48 Å². The Labute approximate surface area is 132 Å². The molecule has 0 atom stereocenters. The third kappa shape index (κ3) is 3.91. The second kappa shape index (κ2) is 5.72. The third-order valence-corrected chi connectivity index (χ3v) is 3.36. The molecule has 0 unspecified atom stereocenters. The molecule has 0 fully saturated rings. The smallest absolute Gasteiger partial charge is 0.307 e. The predicted molar refractivity (Wildman–Crippen MR) is 81.3 cm³/mol. The summed E-state index contributed by atoms with van der Waals surface area (Å²) in [6.45, 7) is 5.99. The molecule has 7 heteroatoms. The topological polar surface area (TPSA) is 46.9 Å². The van der Waals surface area contributed by atoms with Gasteiger partial charge >= 0.3 is 6.18 Å². The van der Waals surface area contributed by atoms with Crippen LogP contribution in [-0.4, -0.2) is 15.7 Å². The molecule has 0 bridgehead atoms. The van der Waals surface area contributed by atoms with Crippen LogP contribution < -0.4 is 5.32 Å². The molecule has 0 radical (unpaired) electrons. The molecule has 124 valence electrons. The van der Waals surface area contributed by atoms with E-state index in [4.69, 9.17) is 0 Å². The van der Waals surface area contributed by atoms with Crippen molar-refractivity contribution < 1.29 is 18.0 Å². The quantitative estimate of drug-likeness (QED) is 0.907. The number of aryl methyl sites for hydroxylation is 1. The zero-order valence-corrected chi connectivity index (χ0v) is 13.3. The average molecular weight is 325 g/mol. The minimum absolute atomic E-state index is 0.150. The van der Waals surface area contributed by atoms with Gasteiger partial charge in [-0.15, -0.1) is 0 Å². The molecule has 1 amide bonds. The van der Waals surface area contributed by atoms with Crippen LogP contribution in [-0.2, 0) is 18.6 Å². The fourth-order valence-electron chi connectivity index (χ4n) is 1.95. The van der Waals surface area contributed by atoms with Crippen LogP contribution >= 0.6 is 0 Å². The van der Waals surface area contributed by atoms with Gasteiger partial charge < -0.3 is 5.32 Å². The fraction of sp³-hybridized carbons (Fsp3) is 0.375. The highest BCUT2D eigenvalue weighted by Crippen LogP contribution is 2.29. The Morgan fingerprint density at radius 2 is 1.70 bits per heavy atom. The van der Waals surface area contributed by atoms with Crippen molar-refractivity contribution in [3.05, 3.63) is 47.2 Å². The summed E-state index contributed by atoms with van der Waals surface area (Å²) in [5, 5.41) is 6.99. The van der Waals surface area contributed by atoms with Crippen molar-refractivity contribution in [3.63, 3.8) is 0 Å². The highest BCUT2D eigenvalue weighted by molar-refractivity contribution is 6.03. The molecule has 2 rings (SSSR count). The lowest BCUT2D eigenvalue weighted by Gasteiger charge is -2.13. The van der Waals surface area contributed by atoms with Crippen LogP contribution in [0.25, 0.3) is 0 Å². The highest BCUT2D eigenvalue weighted by atomic mass is 19.4. The van der Waals surface area contributed by atoms with E-state index in [1.807, 2.05) is 20.8 Å². The van der Waals surface area contributed by atoms with Gasteiger partial charge in [0.2, 0.25) is 0 Å². The maximum absolute atomic E-state index is 12.5. The van der Waals surface area contributed by atoms with E-state index in [1.54, 1.807) is 13.1 Å². The molecule has 0 aliphatic rings. The maximum atomic E-state index is 12.5. The number of alkyl halides is 3. The summed E-state index contributed by atoms with van der Waals surface area (Å²) in [6.07, 6.45) is -4.42. The number of nitrogens with one attached hydrogen (secondary N) is 1. The summed E-state index contributed by atoms with van der Waals surface area (Å²) in [4.78, 5) is 12.2. The zero-order chi connectivity index (χ0) is 17.4. The minimum Gasteiger partial charge on any atom is -0.307 e. The van der Waals surface area contributed by atoms with Crippen LogP contribution in [0.5, 0.6) is 0 Å². The van der Waals surface area contributed by atoms with Gasteiger partial charge in [0.25, 0.3) is 5.91 Å². The minimum atomic E-state index is -4.42. The largest absolute Gasteiger partial charge is 0.416 e. The first-order valence-corrected chi connectivity index (χ1v) is 7.01. The number of rotatable bonds is 2. The second-order valence-corrected chi connectivity index (χ2v) is 6.32. The van der Waals surface area contributed by atoms with E-state index in [1.165, 1.54) is 4.68 Å². The summed E-state index contributed by atoms with van der Waals surface area (Å²) in [5.74, 6) is 0.00186. The third-order valence-electron chi connectivity index (χ3n) is 3.36. The maximum Gasteiger partial charge on any atom is 0.416 e. The first kappa shape index (κ1) is 17.1. The number of amides is 1. The molecule has 1 aromatic heterocycles. The van der Waals surface area contributed by atoms with E-state index in [-0.39, 0.29) is 11.0 Å². The number of hydrogen-bond donors (Lipinski definition) is 1. The van der Waals surface area contributed by atoms with E-state index in [0.717, 1.165) is 30.0 Å². The molecular weight excluding hydrogens is 307 g/mol. The Balaban J connectivity index is 2.18. The molecule has 23 heavy (non-hydrogen) atoms. The fourth-order valence-corrected chi connectivity index (χ4v) is 1.95. The van der Waals surface area contributed by atoms with Crippen LogP contribution in [0.4, 0.5) is 19.0 Å². The van der Waals surface area contributed by atoms with Crippen molar-refractivity contribution in [1.29, 1.82) is 0 Å². The van der Waals surface area contributed by atoms with Gasteiger partial charge in [-0.25, -0.2) is 0 Å². The van der Waals surface area contributed by atoms with E-state index < -0.39 is 17.6 Å². The number of halogens is 3. The van der Waals surface area contributed by atoms with E-state index in [2.05, 4.69) is 10.4 Å². The summed E-state index contributed by atoms with van der Waals surface area (Å²) in [6, 6.07) is 5.83. The van der Waals surface area contributed by atoms with Crippen molar-refractivity contribution in [2.24, 2.45) is 7.05 Å². The number of carbonyl (C=O) groups excluding carboxylic acids is 1. The Hall–Kier alpha value is -2.31. The predicted octanol–water partition coefficient (Wildman–Crippen LogP) is 3.99. The van der Waals surface area contributed by atoms with Gasteiger partial charge in [-0.2, -0.15) is 18.3 Å². The molecule has 2 aromatic rings. The Morgan fingerprint density at radius 3 is 2.13 bits per heavy atom. The van der Waals surface area contributed by atoms with Gasteiger partial charge in [0.1, 0.15) is 5.82 Å². The summed E-state index contributed by atoms with van der Waals surface area (Å²) < 4.78 is 39.1. The molecule has 0 aliphatic heterocycles. The number of nitrogens with zero attached hydrogens (tertiary/aromatic N) is 2. The van der Waals surface area contributed by atoms with Crippen molar-refractivity contribution in [2.75, 3.05) is 5.32 Å². The summed E-state index contributed by atoms with van der Waals surface area (Å²) >= 11 is 0. The second-order valence-electron chi connectivity index (χ2n) is 6.32. The van der Waals surface area contributed by atoms with Gasteiger partial charge in [0.15, 0.2) is 0 Å². The molecule has 0 saturated carbocycles. The van der Waals surface area contributed by atoms with Crippen LogP contribution in [0, 0.1) is 0 Å². The van der Waals surface area contributed by atoms with Crippen molar-refractivity contribution in [1.82, 2.24) is 9.78 Å². The standard InChI is InChI=1S/C16H18F3N3O/c1-15(2,3)12-9-13(22(4)21-12)20-14(23)10-5-7-11(8-6-10)16(17,18)19/h5-9H,1-4H3,(H,20,23). The average Bonchev–Trinajstić information content (AvgIpc) is 2.79. The molecule has 0 aliphatic carbocycles. The van der Waals surface area contributed by atoms with Crippen molar-refractivity contribution >= 4 is 11.7 Å². The van der Waals surface area contributed by atoms with Gasteiger partial charge in [0.05, 0.1) is 11.3 Å². The Morgan fingerprint density at radius 1 is 1.13 bits per heavy atom. The van der Waals surface area contributed by atoms with E-state index >= 15 is 0 Å². The molecule has 0 spiro atoms. The van der Waals surface area contributed by atoms with Gasteiger partial charge in [0, 0.05) is 24.1 Å². The number of carbonyl (C=O) groups is 1. The monoisotopic (exact) mass is 325 g/mol. The first-order chi connectivity index (χ1) is 10.5. The lowest BCUT2D eigenvalue weighted by Crippen LogP contribution is -2.15. The first-order valence-electron chi connectivity index (χ1n) is 7.01. The van der Waals surface area contributed by atoms with E-state index in [9.17, 15) is 18.0 Å². The number of anilines is 1. The number of hydrogen-bond acceptors (Lipinski definition) is 2. The Kier molecular flexibility index (Phi) is 4.24. The SMILES string of the molecule is Cn1nc(C(C)(C)C)cc1NC(=O)c1ccc(C(F)(F)F)cc1. The van der Waals surface area contributed by atoms with Crippen LogP contribution in [0.2, 0.25) is 0 Å². The molecular formula is C16H18F3N3O. The van der Waals surface area contributed by atoms with Crippen molar-refractivity contribution in [3.8, 4) is 0 Å². The Bertz CT molecular complexity index is 710. The van der Waals surface area contributed by atoms with Crippen LogP contribution in [0.15, 0.2) is 30.3 Å². The molecule has 1 N–H and O–H groups in total. The summed E-state index contributed by atoms with van der Waals surface area (Å²) in [7, 11) is 1.69. The summed E-state index contributed by atoms with van der Waals surface area (Å²) in [5.41, 5.74) is -0.00132. The normalized spacial score (nSPS) is 12.3. The van der Waals surface area contributed by atoms with E-state index in [0.29, 0.717) is 5.82 Å². The van der Waals surface area contributed by atoms with Crippen LogP contribution in [0.1, 0.15) is 42.4 Å². The molecule has 4 nitrogen and oxygen atoms in total. The van der Waals surface area contributed by atoms with Gasteiger partial charge in [-0.1, -0.05) is 20.8 Å². The number of aromatic nitrogens is 2. The van der Waals surface area contributed by atoms with Crippen molar-refractivity contribution in [2.45, 2.75) is 32.4 Å². The van der Waals surface area contributed by atoms with Crippen LogP contribution in [0.3, 0.4) is 0 Å². The highest BCUT2D eigenvalue weighted by Gasteiger charge is 2.30. The number of benzene rings is 1. The lowest BCUT2D eigenvalue weighted by molar-refractivity contribution is -0.137. The molecule has 0 saturated heterocycles. The zero-order valence-electron chi connectivity index (χ0n) is 13.3.